The van der Waals surface area contributed by atoms with Gasteiger partial charge in [-0.2, -0.15) is 5.10 Å². The summed E-state index contributed by atoms with van der Waals surface area (Å²) < 4.78 is 64.1. The summed E-state index contributed by atoms with van der Waals surface area (Å²) in [4.78, 5) is 7.42. The highest BCUT2D eigenvalue weighted by Gasteiger charge is 2.21. The number of aromatic nitrogens is 4. The van der Waals surface area contributed by atoms with Crippen molar-refractivity contribution in [3.63, 3.8) is 0 Å². The first kappa shape index (κ1) is 22.7. The maximum atomic E-state index is 14.8. The number of hydrogen-bond donors (Lipinski definition) is 1. The summed E-state index contributed by atoms with van der Waals surface area (Å²) in [6, 6.07) is 3.02. The Hall–Kier alpha value is -3.47. The number of hydrogen-bond acceptors (Lipinski definition) is 6. The Labute approximate surface area is 189 Å². The van der Waals surface area contributed by atoms with E-state index >= 15 is 0 Å². The number of sulfone groups is 1. The lowest BCUT2D eigenvalue weighted by Crippen LogP contribution is -2.11. The molecule has 0 fully saturated rings. The lowest BCUT2D eigenvalue weighted by atomic mass is 10.0. The molecule has 0 aliphatic rings. The Morgan fingerprint density at radius 3 is 2.39 bits per heavy atom. The number of H-pyrrole nitrogens is 1. The molecule has 1 N–H and O–H groups in total. The second kappa shape index (κ2) is 8.81. The smallest absolute Gasteiger partial charge is 0.171 e. The standard InChI is InChI=1S/C22H22F2N4O4S/c1-31-18-8-19(32-2)21(24)17(20(18)23)7-14-10-26-22-16(14)6-13(9-25-22)15-11-27-28(12-15)4-5-33(3,29)30/h6,8-12H,4-5,7H2,1-3H3,(H,25,26). The molecule has 0 atom stereocenters. The van der Waals surface area contributed by atoms with Crippen molar-refractivity contribution in [1.29, 1.82) is 0 Å². The van der Waals surface area contributed by atoms with Gasteiger partial charge < -0.3 is 14.5 Å². The van der Waals surface area contributed by atoms with Crippen LogP contribution < -0.4 is 9.47 Å². The fourth-order valence-electron chi connectivity index (χ4n) is 3.54. The fourth-order valence-corrected chi connectivity index (χ4v) is 4.06. The van der Waals surface area contributed by atoms with Gasteiger partial charge in [0.15, 0.2) is 23.1 Å². The third-order valence-corrected chi connectivity index (χ3v) is 6.23. The first-order valence-corrected chi connectivity index (χ1v) is 12.0. The molecule has 0 saturated heterocycles. The minimum absolute atomic E-state index is 0.0194. The number of pyridine rings is 1. The maximum absolute atomic E-state index is 14.8. The highest BCUT2D eigenvalue weighted by atomic mass is 32.2. The van der Waals surface area contributed by atoms with Gasteiger partial charge in [-0.25, -0.2) is 22.2 Å². The van der Waals surface area contributed by atoms with Crippen LogP contribution in [0.15, 0.2) is 36.9 Å². The van der Waals surface area contributed by atoms with Crippen LogP contribution in [0.5, 0.6) is 11.5 Å². The Bertz CT molecular complexity index is 1400. The quantitative estimate of drug-likeness (QED) is 0.419. The molecule has 11 heteroatoms. The van der Waals surface area contributed by atoms with Gasteiger partial charge in [0.25, 0.3) is 0 Å². The molecule has 174 valence electrons. The topological polar surface area (TPSA) is 99.1 Å². The Balaban J connectivity index is 1.69. The number of aryl methyl sites for hydroxylation is 1. The van der Waals surface area contributed by atoms with E-state index in [1.54, 1.807) is 29.5 Å². The van der Waals surface area contributed by atoms with Crippen molar-refractivity contribution in [3.8, 4) is 22.6 Å². The molecular weight excluding hydrogens is 454 g/mol. The average Bonchev–Trinajstić information content (AvgIpc) is 3.42. The number of aromatic amines is 1. The molecule has 4 rings (SSSR count). The second-order valence-corrected chi connectivity index (χ2v) is 9.88. The van der Waals surface area contributed by atoms with Crippen molar-refractivity contribution in [3.05, 3.63) is 59.7 Å². The highest BCUT2D eigenvalue weighted by molar-refractivity contribution is 7.90. The van der Waals surface area contributed by atoms with Gasteiger partial charge in [-0.15, -0.1) is 0 Å². The highest BCUT2D eigenvalue weighted by Crippen LogP contribution is 2.34. The van der Waals surface area contributed by atoms with E-state index in [0.717, 1.165) is 11.1 Å². The van der Waals surface area contributed by atoms with Crippen molar-refractivity contribution in [2.45, 2.75) is 13.0 Å². The van der Waals surface area contributed by atoms with E-state index in [1.165, 1.54) is 26.5 Å². The van der Waals surface area contributed by atoms with Crippen molar-refractivity contribution in [1.82, 2.24) is 19.7 Å². The fraction of sp³-hybridized carbons (Fsp3) is 0.273. The number of halogens is 2. The summed E-state index contributed by atoms with van der Waals surface area (Å²) in [6.45, 7) is 0.236. The van der Waals surface area contributed by atoms with E-state index in [1.807, 2.05) is 6.07 Å². The maximum Gasteiger partial charge on any atom is 0.171 e. The summed E-state index contributed by atoms with van der Waals surface area (Å²) in [5.41, 5.74) is 2.50. The summed E-state index contributed by atoms with van der Waals surface area (Å²) in [7, 11) is -0.502. The summed E-state index contributed by atoms with van der Waals surface area (Å²) in [5, 5.41) is 4.90. The minimum Gasteiger partial charge on any atom is -0.494 e. The predicted octanol–water partition coefficient (Wildman–Crippen LogP) is 3.36. The molecule has 0 saturated carbocycles. The van der Waals surface area contributed by atoms with E-state index in [2.05, 4.69) is 15.1 Å². The zero-order valence-corrected chi connectivity index (χ0v) is 19.0. The second-order valence-electron chi connectivity index (χ2n) is 7.62. The largest absolute Gasteiger partial charge is 0.494 e. The Morgan fingerprint density at radius 1 is 1.06 bits per heavy atom. The van der Waals surface area contributed by atoms with Gasteiger partial charge >= 0.3 is 0 Å². The molecule has 1 aromatic carbocycles. The van der Waals surface area contributed by atoms with Crippen molar-refractivity contribution in [2.75, 3.05) is 26.2 Å². The summed E-state index contributed by atoms with van der Waals surface area (Å²) in [5.74, 6) is -1.82. The number of methoxy groups -OCH3 is 2. The van der Waals surface area contributed by atoms with E-state index in [-0.39, 0.29) is 35.8 Å². The number of benzene rings is 1. The van der Waals surface area contributed by atoms with Gasteiger partial charge in [0.2, 0.25) is 0 Å². The molecule has 0 radical (unpaired) electrons. The van der Waals surface area contributed by atoms with Crippen molar-refractivity contribution >= 4 is 20.9 Å². The third-order valence-electron chi connectivity index (χ3n) is 5.31. The minimum atomic E-state index is -3.11. The Kier molecular flexibility index (Phi) is 6.07. The Morgan fingerprint density at radius 2 is 1.76 bits per heavy atom. The van der Waals surface area contributed by atoms with E-state index in [4.69, 9.17) is 9.47 Å². The van der Waals surface area contributed by atoms with Gasteiger partial charge in [-0.05, 0) is 11.6 Å². The van der Waals surface area contributed by atoms with E-state index < -0.39 is 21.5 Å². The molecule has 0 aliphatic carbocycles. The van der Waals surface area contributed by atoms with E-state index in [9.17, 15) is 17.2 Å². The van der Waals surface area contributed by atoms with Gasteiger partial charge in [0.1, 0.15) is 15.5 Å². The van der Waals surface area contributed by atoms with Crippen LogP contribution in [0.25, 0.3) is 22.2 Å². The zero-order valence-electron chi connectivity index (χ0n) is 18.2. The number of rotatable bonds is 8. The summed E-state index contributed by atoms with van der Waals surface area (Å²) >= 11 is 0. The molecule has 3 aromatic heterocycles. The van der Waals surface area contributed by atoms with Gasteiger partial charge in [-0.1, -0.05) is 0 Å². The van der Waals surface area contributed by atoms with Crippen LogP contribution in [0.3, 0.4) is 0 Å². The lowest BCUT2D eigenvalue weighted by molar-refractivity contribution is 0.354. The molecule has 0 spiro atoms. The third kappa shape index (κ3) is 4.68. The van der Waals surface area contributed by atoms with Crippen LogP contribution in [0.1, 0.15) is 11.1 Å². The lowest BCUT2D eigenvalue weighted by Gasteiger charge is -2.12. The molecule has 0 amide bonds. The number of fused-ring (bicyclic) bond motifs is 1. The molecular formula is C22H22F2N4O4S. The predicted molar refractivity (Wildman–Crippen MR) is 119 cm³/mol. The van der Waals surface area contributed by atoms with Crippen LogP contribution in [-0.4, -0.2) is 54.4 Å². The van der Waals surface area contributed by atoms with Crippen LogP contribution in [0.4, 0.5) is 8.78 Å². The van der Waals surface area contributed by atoms with Gasteiger partial charge in [0, 0.05) is 59.4 Å². The van der Waals surface area contributed by atoms with Gasteiger partial charge in [0.05, 0.1) is 32.7 Å². The van der Waals surface area contributed by atoms with Gasteiger partial charge in [-0.3, -0.25) is 4.68 Å². The average molecular weight is 477 g/mol. The van der Waals surface area contributed by atoms with Crippen LogP contribution in [0.2, 0.25) is 0 Å². The molecule has 0 bridgehead atoms. The first-order valence-electron chi connectivity index (χ1n) is 9.95. The van der Waals surface area contributed by atoms with E-state index in [0.29, 0.717) is 16.6 Å². The number of ether oxygens (including phenoxy) is 2. The number of nitrogens with zero attached hydrogens (tertiary/aromatic N) is 3. The van der Waals surface area contributed by atoms with Crippen molar-refractivity contribution < 1.29 is 26.7 Å². The zero-order chi connectivity index (χ0) is 23.8. The molecule has 4 aromatic rings. The first-order chi connectivity index (χ1) is 15.7. The van der Waals surface area contributed by atoms with Crippen LogP contribution >= 0.6 is 0 Å². The normalized spacial score (nSPS) is 11.8. The number of nitrogens with one attached hydrogen (secondary N) is 1. The van der Waals surface area contributed by atoms with Crippen LogP contribution in [0, 0.1) is 11.6 Å². The van der Waals surface area contributed by atoms with Crippen molar-refractivity contribution in [2.24, 2.45) is 0 Å². The summed E-state index contributed by atoms with van der Waals surface area (Å²) in [6.07, 6.45) is 7.77. The molecule has 3 heterocycles. The monoisotopic (exact) mass is 476 g/mol. The molecule has 8 nitrogen and oxygen atoms in total. The molecule has 33 heavy (non-hydrogen) atoms. The molecule has 0 unspecified atom stereocenters. The SMILES string of the molecule is COc1cc(OC)c(F)c(Cc2c[nH]c3ncc(-c4cnn(CCS(C)(=O)=O)c4)cc23)c1F. The van der Waals surface area contributed by atoms with Crippen LogP contribution in [-0.2, 0) is 22.8 Å². The molecule has 0 aliphatic heterocycles.